The molecule has 58 valence electrons. The predicted octanol–water partition coefficient (Wildman–Crippen LogP) is 0.914. The van der Waals surface area contributed by atoms with Crippen molar-refractivity contribution in [3.63, 3.8) is 0 Å². The van der Waals surface area contributed by atoms with E-state index in [9.17, 15) is 0 Å². The predicted molar refractivity (Wildman–Crippen MR) is 42.8 cm³/mol. The Labute approximate surface area is 65.3 Å². The lowest BCUT2D eigenvalue weighted by atomic mass is 9.94. The largest absolute Gasteiger partial charge is 0.320 e. The van der Waals surface area contributed by atoms with Crippen molar-refractivity contribution in [2.75, 3.05) is 0 Å². The molecule has 1 aliphatic rings. The van der Waals surface area contributed by atoms with Gasteiger partial charge in [-0.15, -0.1) is 0 Å². The molecule has 0 saturated heterocycles. The number of hydrogen-bond acceptors (Lipinski definition) is 2. The van der Waals surface area contributed by atoms with Crippen LogP contribution in [-0.2, 0) is 5.54 Å². The Morgan fingerprint density at radius 3 is 2.73 bits per heavy atom. The highest BCUT2D eigenvalue weighted by atomic mass is 15.1. The number of aromatic nitrogens is 2. The van der Waals surface area contributed by atoms with Crippen LogP contribution >= 0.6 is 0 Å². The van der Waals surface area contributed by atoms with Crippen LogP contribution in [0.1, 0.15) is 18.5 Å². The second kappa shape index (κ2) is 2.20. The summed E-state index contributed by atoms with van der Waals surface area (Å²) < 4.78 is 0. The molecule has 11 heavy (non-hydrogen) atoms. The summed E-state index contributed by atoms with van der Waals surface area (Å²) in [4.78, 5) is 0. The van der Waals surface area contributed by atoms with E-state index >= 15 is 0 Å². The second-order valence-electron chi connectivity index (χ2n) is 3.01. The molecule has 1 aliphatic carbocycles. The first-order valence-corrected chi connectivity index (χ1v) is 3.75. The Morgan fingerprint density at radius 1 is 1.45 bits per heavy atom. The summed E-state index contributed by atoms with van der Waals surface area (Å²) >= 11 is 0. The number of aromatic amines is 1. The van der Waals surface area contributed by atoms with Crippen LogP contribution in [0.5, 0.6) is 0 Å². The highest BCUT2D eigenvalue weighted by Crippen LogP contribution is 2.29. The molecule has 0 aromatic carbocycles. The molecule has 1 aromatic rings. The van der Waals surface area contributed by atoms with Crippen molar-refractivity contribution in [3.05, 3.63) is 30.1 Å². The lowest BCUT2D eigenvalue weighted by Gasteiger charge is -2.20. The molecule has 0 fully saturated rings. The van der Waals surface area contributed by atoms with E-state index in [1.54, 1.807) is 6.20 Å². The van der Waals surface area contributed by atoms with Gasteiger partial charge in [-0.2, -0.15) is 5.10 Å². The fourth-order valence-electron chi connectivity index (χ4n) is 1.42. The van der Waals surface area contributed by atoms with Crippen molar-refractivity contribution in [2.24, 2.45) is 5.73 Å². The summed E-state index contributed by atoms with van der Waals surface area (Å²) in [5.74, 6) is 0. The van der Waals surface area contributed by atoms with E-state index in [0.717, 1.165) is 18.5 Å². The van der Waals surface area contributed by atoms with E-state index in [1.807, 2.05) is 6.07 Å². The molecule has 0 bridgehead atoms. The van der Waals surface area contributed by atoms with Gasteiger partial charge in [0.1, 0.15) is 0 Å². The second-order valence-corrected chi connectivity index (χ2v) is 3.01. The van der Waals surface area contributed by atoms with Crippen LogP contribution in [0.15, 0.2) is 24.4 Å². The topological polar surface area (TPSA) is 54.7 Å². The van der Waals surface area contributed by atoms with Crippen LogP contribution in [0.3, 0.4) is 0 Å². The van der Waals surface area contributed by atoms with Crippen LogP contribution in [-0.4, -0.2) is 10.2 Å². The van der Waals surface area contributed by atoms with Crippen molar-refractivity contribution in [2.45, 2.75) is 18.4 Å². The molecule has 0 radical (unpaired) electrons. The summed E-state index contributed by atoms with van der Waals surface area (Å²) in [7, 11) is 0. The molecule has 3 N–H and O–H groups in total. The molecular formula is C8H11N3. The van der Waals surface area contributed by atoms with Crippen LogP contribution in [0.2, 0.25) is 0 Å². The smallest absolute Gasteiger partial charge is 0.0647 e. The van der Waals surface area contributed by atoms with Crippen molar-refractivity contribution >= 4 is 0 Å². The number of hydrogen-bond donors (Lipinski definition) is 2. The minimum atomic E-state index is -0.212. The summed E-state index contributed by atoms with van der Waals surface area (Å²) in [6, 6.07) is 1.94. The fourth-order valence-corrected chi connectivity index (χ4v) is 1.42. The number of nitrogens with zero attached hydrogens (tertiary/aromatic N) is 1. The minimum Gasteiger partial charge on any atom is -0.320 e. The van der Waals surface area contributed by atoms with Crippen molar-refractivity contribution in [3.8, 4) is 0 Å². The average molecular weight is 149 g/mol. The third-order valence-electron chi connectivity index (χ3n) is 2.17. The van der Waals surface area contributed by atoms with Gasteiger partial charge in [0.25, 0.3) is 0 Å². The summed E-state index contributed by atoms with van der Waals surface area (Å²) in [6.45, 7) is 0. The van der Waals surface area contributed by atoms with Crippen molar-refractivity contribution < 1.29 is 0 Å². The van der Waals surface area contributed by atoms with Crippen LogP contribution in [0.4, 0.5) is 0 Å². The molecule has 0 unspecified atom stereocenters. The molecule has 3 heteroatoms. The standard InChI is InChI=1S/C8H11N3/c9-8(4-1-2-5-8)7-3-6-10-11-7/h1-3,6H,4-5,9H2,(H,10,11). The molecule has 1 aromatic heterocycles. The molecule has 0 amide bonds. The zero-order chi connectivity index (χ0) is 7.73. The molecule has 0 spiro atoms. The summed E-state index contributed by atoms with van der Waals surface area (Å²) in [5, 5.41) is 6.78. The number of rotatable bonds is 1. The van der Waals surface area contributed by atoms with Crippen LogP contribution in [0, 0.1) is 0 Å². The zero-order valence-electron chi connectivity index (χ0n) is 6.25. The van der Waals surface area contributed by atoms with Crippen molar-refractivity contribution in [1.29, 1.82) is 0 Å². The van der Waals surface area contributed by atoms with Gasteiger partial charge in [-0.3, -0.25) is 5.10 Å². The maximum atomic E-state index is 6.09. The first kappa shape index (κ1) is 6.61. The van der Waals surface area contributed by atoms with Gasteiger partial charge in [0.2, 0.25) is 0 Å². The van der Waals surface area contributed by atoms with Crippen LogP contribution < -0.4 is 5.73 Å². The number of nitrogens with two attached hydrogens (primary N) is 1. The maximum absolute atomic E-state index is 6.09. The van der Waals surface area contributed by atoms with E-state index in [0.29, 0.717) is 0 Å². The SMILES string of the molecule is NC1(c2ccn[nH]2)CC=CC1. The number of nitrogens with one attached hydrogen (secondary N) is 1. The van der Waals surface area contributed by atoms with E-state index in [1.165, 1.54) is 0 Å². The van der Waals surface area contributed by atoms with E-state index in [2.05, 4.69) is 22.3 Å². The van der Waals surface area contributed by atoms with Gasteiger partial charge in [0.15, 0.2) is 0 Å². The zero-order valence-corrected chi connectivity index (χ0v) is 6.25. The van der Waals surface area contributed by atoms with Gasteiger partial charge in [0, 0.05) is 6.20 Å². The monoisotopic (exact) mass is 149 g/mol. The first-order chi connectivity index (χ1) is 5.31. The molecule has 2 rings (SSSR count). The molecule has 3 nitrogen and oxygen atoms in total. The Hall–Kier alpha value is -1.09. The lowest BCUT2D eigenvalue weighted by Crippen LogP contribution is -2.33. The quantitative estimate of drug-likeness (QED) is 0.583. The van der Waals surface area contributed by atoms with E-state index in [-0.39, 0.29) is 5.54 Å². The Balaban J connectivity index is 2.29. The Morgan fingerprint density at radius 2 is 2.18 bits per heavy atom. The van der Waals surface area contributed by atoms with E-state index < -0.39 is 0 Å². The lowest BCUT2D eigenvalue weighted by molar-refractivity contribution is 0.464. The fraction of sp³-hybridized carbons (Fsp3) is 0.375. The third kappa shape index (κ3) is 0.973. The third-order valence-corrected chi connectivity index (χ3v) is 2.17. The van der Waals surface area contributed by atoms with E-state index in [4.69, 9.17) is 5.73 Å². The van der Waals surface area contributed by atoms with Gasteiger partial charge in [-0.1, -0.05) is 12.2 Å². The minimum absolute atomic E-state index is 0.212. The molecule has 0 saturated carbocycles. The van der Waals surface area contributed by atoms with Gasteiger partial charge < -0.3 is 5.73 Å². The molecule has 1 heterocycles. The van der Waals surface area contributed by atoms with Gasteiger partial charge in [-0.05, 0) is 18.9 Å². The summed E-state index contributed by atoms with van der Waals surface area (Å²) in [5.41, 5.74) is 6.91. The maximum Gasteiger partial charge on any atom is 0.0647 e. The van der Waals surface area contributed by atoms with Gasteiger partial charge in [0.05, 0.1) is 11.2 Å². The highest BCUT2D eigenvalue weighted by Gasteiger charge is 2.28. The van der Waals surface area contributed by atoms with Gasteiger partial charge in [-0.25, -0.2) is 0 Å². The molecule has 0 atom stereocenters. The highest BCUT2D eigenvalue weighted by molar-refractivity contribution is 5.20. The van der Waals surface area contributed by atoms with Gasteiger partial charge >= 0.3 is 0 Å². The Bertz CT molecular complexity index is 253. The molecular weight excluding hydrogens is 138 g/mol. The van der Waals surface area contributed by atoms with Crippen LogP contribution in [0.25, 0.3) is 0 Å². The Kier molecular flexibility index (Phi) is 1.32. The first-order valence-electron chi connectivity index (χ1n) is 3.75. The normalized spacial score (nSPS) is 20.8. The molecule has 0 aliphatic heterocycles. The summed E-state index contributed by atoms with van der Waals surface area (Å²) in [6.07, 6.45) is 7.79. The average Bonchev–Trinajstić information content (AvgIpc) is 2.55. The van der Waals surface area contributed by atoms with Crippen molar-refractivity contribution in [1.82, 2.24) is 10.2 Å². The number of H-pyrrole nitrogens is 1.